The van der Waals surface area contributed by atoms with Gasteiger partial charge in [-0.2, -0.15) is 0 Å². The topological polar surface area (TPSA) is 43.4 Å². The first kappa shape index (κ1) is 21.4. The first-order valence-electron chi connectivity index (χ1n) is 9.42. The number of hydrogen-bond donors (Lipinski definition) is 0. The van der Waals surface area contributed by atoms with Crippen LogP contribution in [0.25, 0.3) is 0 Å². The van der Waals surface area contributed by atoms with Crippen molar-refractivity contribution in [1.82, 2.24) is 0 Å². The van der Waals surface area contributed by atoms with E-state index in [1.165, 1.54) is 18.1 Å². The smallest absolute Gasteiger partial charge is 0.302 e. The van der Waals surface area contributed by atoms with Crippen molar-refractivity contribution in [3.8, 4) is 0 Å². The first-order valence-corrected chi connectivity index (χ1v) is 9.42. The molecular weight excluding hydrogens is 312 g/mol. The molecule has 3 heteroatoms. The van der Waals surface area contributed by atoms with Crippen LogP contribution >= 0.6 is 0 Å². The van der Waals surface area contributed by atoms with E-state index in [0.717, 1.165) is 44.0 Å². The summed E-state index contributed by atoms with van der Waals surface area (Å²) in [6.07, 6.45) is 12.4. The van der Waals surface area contributed by atoms with Gasteiger partial charge in [-0.3, -0.25) is 9.59 Å². The van der Waals surface area contributed by atoms with E-state index in [-0.39, 0.29) is 11.9 Å². The van der Waals surface area contributed by atoms with Crippen LogP contribution in [0.15, 0.2) is 34.9 Å². The minimum absolute atomic E-state index is 0.0117. The highest BCUT2D eigenvalue weighted by Crippen LogP contribution is 2.35. The average Bonchev–Trinajstić information content (AvgIpc) is 2.61. The molecule has 0 aromatic rings. The molecule has 1 aliphatic carbocycles. The van der Waals surface area contributed by atoms with Crippen molar-refractivity contribution in [2.24, 2.45) is 17.8 Å². The maximum absolute atomic E-state index is 11.7. The van der Waals surface area contributed by atoms with E-state index in [4.69, 9.17) is 4.74 Å². The molecule has 0 fully saturated rings. The molecule has 3 atom stereocenters. The third-order valence-electron chi connectivity index (χ3n) is 5.14. The van der Waals surface area contributed by atoms with Crippen LogP contribution in [0.3, 0.4) is 0 Å². The van der Waals surface area contributed by atoms with Gasteiger partial charge in [-0.25, -0.2) is 0 Å². The largest absolute Gasteiger partial charge is 0.465 e. The standard InChI is InChI=1S/C22H34O3/c1-16(2)8-6-10-18(4)21-13-12-17(3)9-7-11-20(14-23)22(21)15-25-19(5)24/h8-9,11,14,18,21-22H,6-7,10,12-13,15H2,1-5H3. The van der Waals surface area contributed by atoms with Crippen molar-refractivity contribution in [2.45, 2.75) is 66.7 Å². The zero-order valence-electron chi connectivity index (χ0n) is 16.5. The van der Waals surface area contributed by atoms with Gasteiger partial charge in [-0.05, 0) is 70.3 Å². The minimum Gasteiger partial charge on any atom is -0.465 e. The van der Waals surface area contributed by atoms with Crippen LogP contribution in [-0.4, -0.2) is 18.9 Å². The lowest BCUT2D eigenvalue weighted by atomic mass is 9.74. The van der Waals surface area contributed by atoms with E-state index < -0.39 is 0 Å². The minimum atomic E-state index is -0.282. The molecule has 0 radical (unpaired) electrons. The van der Waals surface area contributed by atoms with Crippen molar-refractivity contribution in [3.63, 3.8) is 0 Å². The molecule has 140 valence electrons. The van der Waals surface area contributed by atoms with Gasteiger partial charge >= 0.3 is 5.97 Å². The second-order valence-corrected chi connectivity index (χ2v) is 7.56. The van der Waals surface area contributed by atoms with Crippen molar-refractivity contribution in [3.05, 3.63) is 34.9 Å². The van der Waals surface area contributed by atoms with Crippen molar-refractivity contribution < 1.29 is 14.3 Å². The van der Waals surface area contributed by atoms with Crippen LogP contribution < -0.4 is 0 Å². The number of carbonyl (C=O) groups is 2. The lowest BCUT2D eigenvalue weighted by molar-refractivity contribution is -0.142. The Hall–Kier alpha value is -1.64. The molecular formula is C22H34O3. The van der Waals surface area contributed by atoms with Gasteiger partial charge in [-0.1, -0.05) is 36.3 Å². The fourth-order valence-electron chi connectivity index (χ4n) is 3.58. The third kappa shape index (κ3) is 7.85. The summed E-state index contributed by atoms with van der Waals surface area (Å²) < 4.78 is 5.33. The quantitative estimate of drug-likeness (QED) is 0.351. The Morgan fingerprint density at radius 1 is 1.32 bits per heavy atom. The van der Waals surface area contributed by atoms with Gasteiger partial charge < -0.3 is 4.74 Å². The van der Waals surface area contributed by atoms with Gasteiger partial charge in [0.05, 0.1) is 6.61 Å². The maximum Gasteiger partial charge on any atom is 0.302 e. The Labute approximate surface area is 153 Å². The highest BCUT2D eigenvalue weighted by atomic mass is 16.5. The maximum atomic E-state index is 11.7. The van der Waals surface area contributed by atoms with E-state index in [0.29, 0.717) is 18.4 Å². The molecule has 0 heterocycles. The normalized spacial score (nSPS) is 22.4. The van der Waals surface area contributed by atoms with Crippen molar-refractivity contribution in [2.75, 3.05) is 6.61 Å². The molecule has 1 aliphatic rings. The number of ether oxygens (including phenoxy) is 1. The van der Waals surface area contributed by atoms with Crippen LogP contribution in [0.5, 0.6) is 0 Å². The zero-order valence-corrected chi connectivity index (χ0v) is 16.5. The van der Waals surface area contributed by atoms with E-state index >= 15 is 0 Å². The lowest BCUT2D eigenvalue weighted by Crippen LogP contribution is -2.29. The number of allylic oxidation sites excluding steroid dienone is 5. The van der Waals surface area contributed by atoms with Gasteiger partial charge in [-0.15, -0.1) is 0 Å². The SMILES string of the molecule is CC(=O)OCC1C(C=O)=CCC=C(C)CCC1C(C)CCC=C(C)C. The Morgan fingerprint density at radius 2 is 2.04 bits per heavy atom. The van der Waals surface area contributed by atoms with Crippen LogP contribution in [0.4, 0.5) is 0 Å². The van der Waals surface area contributed by atoms with Gasteiger partial charge in [0.1, 0.15) is 6.29 Å². The monoisotopic (exact) mass is 346 g/mol. The molecule has 0 aliphatic heterocycles. The van der Waals surface area contributed by atoms with Crippen LogP contribution in [0.1, 0.15) is 66.7 Å². The Kier molecular flexibility index (Phi) is 9.48. The molecule has 0 saturated carbocycles. The molecule has 0 saturated heterocycles. The molecule has 0 N–H and O–H groups in total. The molecule has 0 bridgehead atoms. The fraction of sp³-hybridized carbons (Fsp3) is 0.636. The summed E-state index contributed by atoms with van der Waals surface area (Å²) in [5.41, 5.74) is 3.49. The summed E-state index contributed by atoms with van der Waals surface area (Å²) in [5, 5.41) is 0. The number of esters is 1. The summed E-state index contributed by atoms with van der Waals surface area (Å²) >= 11 is 0. The second-order valence-electron chi connectivity index (χ2n) is 7.56. The number of aldehydes is 1. The van der Waals surface area contributed by atoms with Crippen LogP contribution in [0.2, 0.25) is 0 Å². The molecule has 0 spiro atoms. The highest BCUT2D eigenvalue weighted by molar-refractivity contribution is 5.74. The summed E-state index contributed by atoms with van der Waals surface area (Å²) in [5.74, 6) is 0.506. The summed E-state index contributed by atoms with van der Waals surface area (Å²) in [4.78, 5) is 23.0. The van der Waals surface area contributed by atoms with E-state index in [1.54, 1.807) is 0 Å². The number of carbonyl (C=O) groups excluding carboxylic acids is 2. The lowest BCUT2D eigenvalue weighted by Gasteiger charge is -2.32. The van der Waals surface area contributed by atoms with Crippen LogP contribution in [0, 0.1) is 17.8 Å². The van der Waals surface area contributed by atoms with Gasteiger partial charge in [0, 0.05) is 12.8 Å². The molecule has 3 unspecified atom stereocenters. The average molecular weight is 347 g/mol. The molecule has 0 aromatic carbocycles. The summed E-state index contributed by atoms with van der Waals surface area (Å²) in [6.45, 7) is 10.4. The summed E-state index contributed by atoms with van der Waals surface area (Å²) in [6, 6.07) is 0. The van der Waals surface area contributed by atoms with Gasteiger partial charge in [0.15, 0.2) is 0 Å². The summed E-state index contributed by atoms with van der Waals surface area (Å²) in [7, 11) is 0. The van der Waals surface area contributed by atoms with E-state index in [9.17, 15) is 9.59 Å². The van der Waals surface area contributed by atoms with Crippen LogP contribution in [-0.2, 0) is 14.3 Å². The predicted molar refractivity (Wildman–Crippen MR) is 103 cm³/mol. The molecule has 1 rings (SSSR count). The second kappa shape index (κ2) is 11.1. The Balaban J connectivity index is 3.03. The molecule has 3 nitrogen and oxygen atoms in total. The van der Waals surface area contributed by atoms with Gasteiger partial charge in [0.2, 0.25) is 0 Å². The highest BCUT2D eigenvalue weighted by Gasteiger charge is 2.30. The van der Waals surface area contributed by atoms with E-state index in [2.05, 4.69) is 39.8 Å². The predicted octanol–water partition coefficient (Wildman–Crippen LogP) is 5.42. The fourth-order valence-corrected chi connectivity index (χ4v) is 3.58. The van der Waals surface area contributed by atoms with Crippen molar-refractivity contribution >= 4 is 12.3 Å². The molecule has 25 heavy (non-hydrogen) atoms. The number of rotatable bonds is 7. The first-order chi connectivity index (χ1) is 11.8. The zero-order chi connectivity index (χ0) is 18.8. The Morgan fingerprint density at radius 3 is 2.64 bits per heavy atom. The van der Waals surface area contributed by atoms with Gasteiger partial charge in [0.25, 0.3) is 0 Å². The molecule has 0 amide bonds. The van der Waals surface area contributed by atoms with E-state index in [1.807, 2.05) is 6.08 Å². The molecule has 0 aromatic heterocycles. The van der Waals surface area contributed by atoms with Crippen molar-refractivity contribution in [1.29, 1.82) is 0 Å². The Bertz CT molecular complexity index is 535. The third-order valence-corrected chi connectivity index (χ3v) is 5.14. The number of hydrogen-bond acceptors (Lipinski definition) is 3.